The quantitative estimate of drug-likeness (QED) is 0.649. The van der Waals surface area contributed by atoms with Crippen LogP contribution in [0.5, 0.6) is 0 Å². The molecule has 1 saturated heterocycles. The van der Waals surface area contributed by atoms with Crippen LogP contribution in [0.3, 0.4) is 0 Å². The molecule has 14 heavy (non-hydrogen) atoms. The van der Waals surface area contributed by atoms with Crippen molar-refractivity contribution in [1.82, 2.24) is 4.90 Å². The summed E-state index contributed by atoms with van der Waals surface area (Å²) in [6.45, 7) is 4.08. The Hall–Kier alpha value is -0.280. The monoisotopic (exact) mass is 217 g/mol. The molecule has 1 aliphatic heterocycles. The van der Waals surface area contributed by atoms with Crippen LogP contribution in [0.15, 0.2) is 0 Å². The molecule has 0 spiro atoms. The lowest BCUT2D eigenvalue weighted by molar-refractivity contribution is -0.140. The first kappa shape index (κ1) is 10.2. The van der Waals surface area contributed by atoms with E-state index in [1.165, 1.54) is 0 Å². The zero-order valence-corrected chi connectivity index (χ0v) is 9.17. The zero-order valence-electron chi connectivity index (χ0n) is 8.41. The lowest BCUT2D eigenvalue weighted by Crippen LogP contribution is -2.50. The number of hydrogen-bond donors (Lipinski definition) is 0. The van der Waals surface area contributed by atoms with E-state index >= 15 is 0 Å². The average molecular weight is 218 g/mol. The maximum Gasteiger partial charge on any atom is 0.226 e. The van der Waals surface area contributed by atoms with Crippen molar-refractivity contribution >= 4 is 17.5 Å². The molecule has 4 heteroatoms. The first-order chi connectivity index (χ1) is 6.74. The van der Waals surface area contributed by atoms with E-state index in [4.69, 9.17) is 16.3 Å². The highest BCUT2D eigenvalue weighted by atomic mass is 35.5. The van der Waals surface area contributed by atoms with Crippen LogP contribution in [-0.2, 0) is 9.53 Å². The summed E-state index contributed by atoms with van der Waals surface area (Å²) in [7, 11) is 0. The third-order valence-corrected chi connectivity index (χ3v) is 3.47. The molecule has 0 N–H and O–H groups in total. The summed E-state index contributed by atoms with van der Waals surface area (Å²) in [5.41, 5.74) is 0. The van der Waals surface area contributed by atoms with Gasteiger partial charge in [0.15, 0.2) is 0 Å². The van der Waals surface area contributed by atoms with Gasteiger partial charge in [0.1, 0.15) is 0 Å². The number of hydrogen-bond acceptors (Lipinski definition) is 2. The summed E-state index contributed by atoms with van der Waals surface area (Å²) in [6, 6.07) is 0.0886. The Balaban J connectivity index is 1.96. The molecule has 1 heterocycles. The van der Waals surface area contributed by atoms with Crippen LogP contribution in [0.1, 0.15) is 13.3 Å². The number of morpholine rings is 1. The number of alkyl halides is 1. The number of halogens is 1. The molecular formula is C10H16ClNO2. The van der Waals surface area contributed by atoms with Gasteiger partial charge < -0.3 is 9.64 Å². The Kier molecular flexibility index (Phi) is 2.98. The molecule has 3 nitrogen and oxygen atoms in total. The van der Waals surface area contributed by atoms with Crippen LogP contribution >= 0.6 is 11.6 Å². The van der Waals surface area contributed by atoms with Gasteiger partial charge in [0.25, 0.3) is 0 Å². The number of rotatable bonds is 2. The van der Waals surface area contributed by atoms with Crippen LogP contribution in [0.4, 0.5) is 0 Å². The van der Waals surface area contributed by atoms with Crippen LogP contribution in [0.25, 0.3) is 0 Å². The van der Waals surface area contributed by atoms with Gasteiger partial charge in [-0.3, -0.25) is 4.79 Å². The fraction of sp³-hybridized carbons (Fsp3) is 0.900. The van der Waals surface area contributed by atoms with Crippen molar-refractivity contribution in [2.24, 2.45) is 11.8 Å². The Morgan fingerprint density at radius 2 is 2.36 bits per heavy atom. The summed E-state index contributed by atoms with van der Waals surface area (Å²) in [5.74, 6) is 1.60. The number of carbonyl (C=O) groups excluding carboxylic acids is 1. The van der Waals surface area contributed by atoms with Crippen molar-refractivity contribution in [3.63, 3.8) is 0 Å². The SMILES string of the molecule is CC1CC1C(=O)N1CCOCC1CCl. The average Bonchev–Trinajstić information content (AvgIpc) is 2.94. The summed E-state index contributed by atoms with van der Waals surface area (Å²) in [6.07, 6.45) is 1.05. The maximum atomic E-state index is 12.0. The molecule has 1 aliphatic carbocycles. The van der Waals surface area contributed by atoms with E-state index in [1.54, 1.807) is 0 Å². The van der Waals surface area contributed by atoms with Crippen molar-refractivity contribution in [1.29, 1.82) is 0 Å². The van der Waals surface area contributed by atoms with Crippen molar-refractivity contribution in [3.8, 4) is 0 Å². The molecule has 0 aromatic carbocycles. The predicted octanol–water partition coefficient (Wildman–Crippen LogP) is 1.11. The minimum absolute atomic E-state index is 0.0886. The molecule has 0 aromatic rings. The van der Waals surface area contributed by atoms with Crippen LogP contribution in [0.2, 0.25) is 0 Å². The molecule has 3 unspecified atom stereocenters. The van der Waals surface area contributed by atoms with E-state index in [9.17, 15) is 4.79 Å². The van der Waals surface area contributed by atoms with E-state index in [0.29, 0.717) is 31.6 Å². The highest BCUT2D eigenvalue weighted by Gasteiger charge is 2.43. The molecule has 1 amide bonds. The molecular weight excluding hydrogens is 202 g/mol. The van der Waals surface area contributed by atoms with Gasteiger partial charge in [-0.25, -0.2) is 0 Å². The first-order valence-corrected chi connectivity index (χ1v) is 5.71. The minimum Gasteiger partial charge on any atom is -0.377 e. The van der Waals surface area contributed by atoms with Gasteiger partial charge in [-0.15, -0.1) is 11.6 Å². The van der Waals surface area contributed by atoms with Gasteiger partial charge in [0.05, 0.1) is 19.3 Å². The number of carbonyl (C=O) groups is 1. The van der Waals surface area contributed by atoms with Gasteiger partial charge in [-0.05, 0) is 12.3 Å². The summed E-state index contributed by atoms with van der Waals surface area (Å²) in [5, 5.41) is 0. The van der Waals surface area contributed by atoms with E-state index in [1.807, 2.05) is 4.90 Å². The highest BCUT2D eigenvalue weighted by Crippen LogP contribution is 2.39. The van der Waals surface area contributed by atoms with Gasteiger partial charge in [-0.1, -0.05) is 6.92 Å². The van der Waals surface area contributed by atoms with Crippen LogP contribution in [-0.4, -0.2) is 42.5 Å². The van der Waals surface area contributed by atoms with Gasteiger partial charge >= 0.3 is 0 Å². The van der Waals surface area contributed by atoms with Gasteiger partial charge in [-0.2, -0.15) is 0 Å². The van der Waals surface area contributed by atoms with Crippen molar-refractivity contribution in [3.05, 3.63) is 0 Å². The fourth-order valence-electron chi connectivity index (χ4n) is 1.95. The van der Waals surface area contributed by atoms with Crippen molar-refractivity contribution in [2.45, 2.75) is 19.4 Å². The largest absolute Gasteiger partial charge is 0.377 e. The second kappa shape index (κ2) is 4.07. The number of ether oxygens (including phenoxy) is 1. The molecule has 2 fully saturated rings. The number of nitrogens with zero attached hydrogens (tertiary/aromatic N) is 1. The third kappa shape index (κ3) is 1.89. The fourth-order valence-corrected chi connectivity index (χ4v) is 2.21. The lowest BCUT2D eigenvalue weighted by atomic mass is 10.2. The molecule has 0 aromatic heterocycles. The first-order valence-electron chi connectivity index (χ1n) is 5.18. The molecule has 2 aliphatic rings. The summed E-state index contributed by atoms with van der Waals surface area (Å²) >= 11 is 5.81. The Bertz CT molecular complexity index is 234. The highest BCUT2D eigenvalue weighted by molar-refractivity contribution is 6.18. The molecule has 0 bridgehead atoms. The normalized spacial score (nSPS) is 37.0. The van der Waals surface area contributed by atoms with Crippen molar-refractivity contribution < 1.29 is 9.53 Å². The van der Waals surface area contributed by atoms with E-state index in [-0.39, 0.29) is 17.9 Å². The predicted molar refractivity (Wildman–Crippen MR) is 54.3 cm³/mol. The lowest BCUT2D eigenvalue weighted by Gasteiger charge is -2.34. The Labute approximate surface area is 89.4 Å². The smallest absolute Gasteiger partial charge is 0.226 e. The van der Waals surface area contributed by atoms with Crippen molar-refractivity contribution in [2.75, 3.05) is 25.6 Å². The van der Waals surface area contributed by atoms with Gasteiger partial charge in [0, 0.05) is 18.3 Å². The molecule has 1 saturated carbocycles. The molecule has 3 atom stereocenters. The van der Waals surface area contributed by atoms with E-state index < -0.39 is 0 Å². The van der Waals surface area contributed by atoms with E-state index in [2.05, 4.69) is 6.92 Å². The molecule has 0 radical (unpaired) electrons. The van der Waals surface area contributed by atoms with Crippen LogP contribution < -0.4 is 0 Å². The zero-order chi connectivity index (χ0) is 10.1. The Morgan fingerprint density at radius 3 is 2.93 bits per heavy atom. The summed E-state index contributed by atoms with van der Waals surface area (Å²) < 4.78 is 5.30. The second-order valence-electron chi connectivity index (χ2n) is 4.23. The number of amides is 1. The Morgan fingerprint density at radius 1 is 1.64 bits per heavy atom. The second-order valence-corrected chi connectivity index (χ2v) is 4.54. The summed E-state index contributed by atoms with van der Waals surface area (Å²) in [4.78, 5) is 13.9. The third-order valence-electron chi connectivity index (χ3n) is 3.12. The standard InChI is InChI=1S/C10H16ClNO2/c1-7-4-9(7)10(13)12-2-3-14-6-8(12)5-11/h7-9H,2-6H2,1H3. The molecule has 80 valence electrons. The van der Waals surface area contributed by atoms with E-state index in [0.717, 1.165) is 6.42 Å². The minimum atomic E-state index is 0.0886. The molecule has 2 rings (SSSR count). The van der Waals surface area contributed by atoms with Gasteiger partial charge in [0.2, 0.25) is 5.91 Å². The maximum absolute atomic E-state index is 12.0. The van der Waals surface area contributed by atoms with Crippen LogP contribution in [0, 0.1) is 11.8 Å². The topological polar surface area (TPSA) is 29.5 Å².